The Morgan fingerprint density at radius 3 is 2.27 bits per heavy atom. The molecular formula is C23H36N4O20P2. The zero-order valence-electron chi connectivity index (χ0n) is 25.7. The van der Waals surface area contributed by atoms with Gasteiger partial charge in [0.2, 0.25) is 11.8 Å². The highest BCUT2D eigenvalue weighted by atomic mass is 31.3. The minimum atomic E-state index is -5.80. The number of nitrogens with one attached hydrogen (secondary N) is 3. The summed E-state index contributed by atoms with van der Waals surface area (Å²) in [6, 6.07) is -2.25. The lowest BCUT2D eigenvalue weighted by molar-refractivity contribution is -0.261. The molecule has 0 bridgehead atoms. The first-order chi connectivity index (χ1) is 22.7. The number of hydrogen-bond donors (Lipinski definition) is 10. The number of aliphatic hydroxyl groups is 4. The maximum atomic E-state index is 12.9. The van der Waals surface area contributed by atoms with Gasteiger partial charge in [-0.15, -0.1) is 0 Å². The average Bonchev–Trinajstić information content (AvgIpc) is 3.26. The number of carboxylic acids is 1. The van der Waals surface area contributed by atoms with Crippen molar-refractivity contribution in [1.29, 1.82) is 0 Å². The fourth-order valence-corrected chi connectivity index (χ4v) is 6.76. The molecule has 13 atom stereocenters. The van der Waals surface area contributed by atoms with Gasteiger partial charge >= 0.3 is 27.3 Å². The van der Waals surface area contributed by atoms with Crippen molar-refractivity contribution >= 4 is 33.4 Å². The Morgan fingerprint density at radius 2 is 1.69 bits per heavy atom. The van der Waals surface area contributed by atoms with Gasteiger partial charge in [-0.05, 0) is 13.8 Å². The van der Waals surface area contributed by atoms with Gasteiger partial charge in [0, 0.05) is 19.2 Å². The summed E-state index contributed by atoms with van der Waals surface area (Å²) < 4.78 is 56.0. The van der Waals surface area contributed by atoms with Crippen LogP contribution >= 0.6 is 15.6 Å². The van der Waals surface area contributed by atoms with Crippen LogP contribution in [0.15, 0.2) is 21.9 Å². The van der Waals surface area contributed by atoms with E-state index < -0.39 is 125 Å². The van der Waals surface area contributed by atoms with Crippen molar-refractivity contribution in [2.45, 2.75) is 88.1 Å². The Morgan fingerprint density at radius 1 is 1.04 bits per heavy atom. The standard InChI is InChI=1S/C23H36N4O20P2/c1-8(21(35)36)24-19(34)9(2)43-18-14(25-10(3)29)22(45-11(6-28)16(18)32)46-49(40,41)47-48(38,39)42-7-12-15(31)17(33)20(44-12)27-5-4-13(30)26-23(27)37/h4-5,8-9,11-12,14-18,20,22,28,31-33H,6-7H2,1-3H3,(H,24,34)(H,25,29)(H,35,36)(H,38,39)(H,40,41)(H,26,30,37)/t8?,9?,11-,12-,14-,15-,16-,17-,18-,20-,22?/m1/s1. The number of nitrogens with zero attached hydrogens (tertiary/aromatic N) is 1. The summed E-state index contributed by atoms with van der Waals surface area (Å²) in [6.45, 7) is 1.15. The molecule has 0 aromatic carbocycles. The molecule has 10 N–H and O–H groups in total. The molecule has 3 heterocycles. The number of phosphoric ester groups is 2. The van der Waals surface area contributed by atoms with Crippen LogP contribution in [-0.4, -0.2) is 137 Å². The molecule has 2 aliphatic heterocycles. The lowest BCUT2D eigenvalue weighted by Gasteiger charge is -2.44. The van der Waals surface area contributed by atoms with Gasteiger partial charge in [0.1, 0.15) is 54.8 Å². The predicted octanol–water partition coefficient (Wildman–Crippen LogP) is -4.65. The van der Waals surface area contributed by atoms with E-state index in [1.165, 1.54) is 0 Å². The molecule has 1 aromatic heterocycles. The molecule has 5 unspecified atom stereocenters. The minimum absolute atomic E-state index is 0.701. The number of amides is 2. The molecule has 49 heavy (non-hydrogen) atoms. The van der Waals surface area contributed by atoms with Crippen LogP contribution in [0.2, 0.25) is 0 Å². The fourth-order valence-electron chi connectivity index (χ4n) is 4.59. The van der Waals surface area contributed by atoms with Crippen molar-refractivity contribution in [2.75, 3.05) is 13.2 Å². The van der Waals surface area contributed by atoms with Gasteiger partial charge < -0.3 is 60.2 Å². The molecule has 1 aromatic rings. The van der Waals surface area contributed by atoms with Crippen molar-refractivity contribution in [1.82, 2.24) is 20.2 Å². The number of aliphatic hydroxyl groups excluding tert-OH is 4. The van der Waals surface area contributed by atoms with E-state index in [0.717, 1.165) is 33.0 Å². The van der Waals surface area contributed by atoms with E-state index in [1.807, 2.05) is 4.98 Å². The van der Waals surface area contributed by atoms with E-state index in [1.54, 1.807) is 0 Å². The van der Waals surface area contributed by atoms with Gasteiger partial charge in [-0.1, -0.05) is 0 Å². The summed E-state index contributed by atoms with van der Waals surface area (Å²) in [4.78, 5) is 81.3. The van der Waals surface area contributed by atoms with Crippen molar-refractivity contribution < 1.29 is 86.4 Å². The highest BCUT2D eigenvalue weighted by Gasteiger charge is 2.52. The Balaban J connectivity index is 1.73. The highest BCUT2D eigenvalue weighted by molar-refractivity contribution is 7.61. The monoisotopic (exact) mass is 750 g/mol. The number of ether oxygens (including phenoxy) is 3. The van der Waals surface area contributed by atoms with Crippen LogP contribution in [-0.2, 0) is 51.1 Å². The van der Waals surface area contributed by atoms with Gasteiger partial charge in [-0.3, -0.25) is 37.8 Å². The second-order valence-corrected chi connectivity index (χ2v) is 13.7. The molecule has 2 fully saturated rings. The lowest BCUT2D eigenvalue weighted by Crippen LogP contribution is -2.66. The Labute approximate surface area is 274 Å². The van der Waals surface area contributed by atoms with Crippen LogP contribution in [0.4, 0.5) is 0 Å². The summed E-state index contributed by atoms with van der Waals surface area (Å²) in [5.41, 5.74) is -1.81. The van der Waals surface area contributed by atoms with Crippen LogP contribution in [0.5, 0.6) is 0 Å². The van der Waals surface area contributed by atoms with Crippen LogP contribution in [0.3, 0.4) is 0 Å². The topological polar surface area (TPSA) is 361 Å². The first-order valence-corrected chi connectivity index (χ1v) is 17.1. The van der Waals surface area contributed by atoms with Gasteiger partial charge in [0.25, 0.3) is 5.56 Å². The summed E-state index contributed by atoms with van der Waals surface area (Å²) in [5, 5.41) is 54.4. The molecular weight excluding hydrogens is 714 g/mol. The molecule has 3 rings (SSSR count). The highest BCUT2D eigenvalue weighted by Crippen LogP contribution is 2.61. The smallest absolute Gasteiger partial charge is 0.480 e. The number of H-pyrrole nitrogens is 1. The van der Waals surface area contributed by atoms with Crippen molar-refractivity contribution in [3.05, 3.63) is 33.1 Å². The zero-order chi connectivity index (χ0) is 37.0. The SMILES string of the molecule is CC(=O)N[C@H]1C(OP(=O)(O)OP(=O)(O)OC[C@H]2O[C@@H](n3ccc(=O)[nH]c3=O)[C@H](O)[C@@H]2O)O[C@H](CO)[C@@H](O)[C@@H]1OC(C)C(=O)NC(C)C(=O)O. The maximum Gasteiger partial charge on any atom is 0.483 e. The van der Waals surface area contributed by atoms with Gasteiger partial charge in [-0.2, -0.15) is 4.31 Å². The third-order valence-corrected chi connectivity index (χ3v) is 9.59. The molecule has 26 heteroatoms. The number of aromatic amines is 1. The van der Waals surface area contributed by atoms with Crippen LogP contribution in [0, 0.1) is 0 Å². The summed E-state index contributed by atoms with van der Waals surface area (Å²) in [7, 11) is -11.4. The number of phosphoric acid groups is 2. The predicted molar refractivity (Wildman–Crippen MR) is 154 cm³/mol. The molecule has 0 radical (unpaired) electrons. The number of carbonyl (C=O) groups excluding carboxylic acids is 2. The van der Waals surface area contributed by atoms with Crippen molar-refractivity contribution in [3.63, 3.8) is 0 Å². The van der Waals surface area contributed by atoms with Crippen molar-refractivity contribution in [2.24, 2.45) is 0 Å². The Kier molecular flexibility index (Phi) is 13.6. The third-order valence-electron chi connectivity index (χ3n) is 6.99. The minimum Gasteiger partial charge on any atom is -0.480 e. The van der Waals surface area contributed by atoms with E-state index in [2.05, 4.69) is 19.5 Å². The van der Waals surface area contributed by atoms with Gasteiger partial charge in [0.05, 0.1) is 13.2 Å². The average molecular weight is 750 g/mol. The van der Waals surface area contributed by atoms with Crippen LogP contribution in [0.25, 0.3) is 0 Å². The molecule has 0 spiro atoms. The number of rotatable bonds is 15. The molecule has 2 saturated heterocycles. The molecule has 0 aliphatic carbocycles. The largest absolute Gasteiger partial charge is 0.483 e. The number of aromatic nitrogens is 2. The first-order valence-electron chi connectivity index (χ1n) is 14.1. The van der Waals surface area contributed by atoms with E-state index in [0.29, 0.717) is 4.57 Å². The number of carboxylic acid groups (broad SMARTS) is 1. The summed E-state index contributed by atoms with van der Waals surface area (Å²) in [6.07, 6.45) is -15.0. The molecule has 0 saturated carbocycles. The molecule has 24 nitrogen and oxygen atoms in total. The summed E-state index contributed by atoms with van der Waals surface area (Å²) >= 11 is 0. The maximum absolute atomic E-state index is 12.9. The third kappa shape index (κ3) is 10.5. The second kappa shape index (κ2) is 16.4. The number of aliphatic carboxylic acids is 1. The molecule has 2 amide bonds. The second-order valence-electron chi connectivity index (χ2n) is 10.7. The molecule has 278 valence electrons. The Hall–Kier alpha value is -2.93. The van der Waals surface area contributed by atoms with Crippen LogP contribution in [0.1, 0.15) is 27.0 Å². The number of hydrogen-bond acceptors (Lipinski definition) is 17. The van der Waals surface area contributed by atoms with Crippen LogP contribution < -0.4 is 21.9 Å². The quantitative estimate of drug-likeness (QED) is 0.0753. The first kappa shape index (κ1) is 40.5. The van der Waals surface area contributed by atoms with Gasteiger partial charge in [-0.25, -0.2) is 13.9 Å². The summed E-state index contributed by atoms with van der Waals surface area (Å²) in [5.74, 6) is -3.26. The fraction of sp³-hybridized carbons (Fsp3) is 0.696. The van der Waals surface area contributed by atoms with E-state index >= 15 is 0 Å². The Bertz CT molecular complexity index is 1570. The van der Waals surface area contributed by atoms with Gasteiger partial charge in [0.15, 0.2) is 12.5 Å². The van der Waals surface area contributed by atoms with Crippen molar-refractivity contribution in [3.8, 4) is 0 Å². The normalized spacial score (nSPS) is 32.3. The zero-order valence-corrected chi connectivity index (χ0v) is 27.5. The molecule has 2 aliphatic rings. The van der Waals surface area contributed by atoms with E-state index in [4.69, 9.17) is 23.8 Å². The van der Waals surface area contributed by atoms with E-state index in [-0.39, 0.29) is 0 Å². The van der Waals surface area contributed by atoms with E-state index in [9.17, 15) is 63.3 Å². The number of carbonyl (C=O) groups is 3. The lowest BCUT2D eigenvalue weighted by atomic mass is 9.96.